The molecule has 0 aliphatic carbocycles. The van der Waals surface area contributed by atoms with Gasteiger partial charge < -0.3 is 4.57 Å². The molecule has 0 aromatic carbocycles. The highest BCUT2D eigenvalue weighted by Gasteiger charge is 2.16. The first-order valence-electron chi connectivity index (χ1n) is 5.65. The maximum atomic E-state index is 11.8. The Morgan fingerprint density at radius 3 is 2.76 bits per heavy atom. The molecule has 17 heavy (non-hydrogen) atoms. The van der Waals surface area contributed by atoms with E-state index >= 15 is 0 Å². The minimum absolute atomic E-state index is 0.00546. The average molecular weight is 280 g/mol. The molecule has 1 heterocycles. The molecule has 1 aromatic heterocycles. The Morgan fingerprint density at radius 2 is 2.24 bits per heavy atom. The van der Waals surface area contributed by atoms with E-state index in [9.17, 15) is 8.42 Å². The maximum Gasteiger partial charge on any atom is 0.259 e. The van der Waals surface area contributed by atoms with E-state index in [2.05, 4.69) is 9.71 Å². The lowest BCUT2D eigenvalue weighted by atomic mass is 10.2. The third-order valence-electron chi connectivity index (χ3n) is 2.44. The van der Waals surface area contributed by atoms with Crippen molar-refractivity contribution in [3.63, 3.8) is 0 Å². The molecule has 0 radical (unpaired) electrons. The fourth-order valence-electron chi connectivity index (χ4n) is 1.28. The van der Waals surface area contributed by atoms with Crippen LogP contribution in [0, 0.1) is 0 Å². The van der Waals surface area contributed by atoms with Crippen LogP contribution in [0.3, 0.4) is 0 Å². The summed E-state index contributed by atoms with van der Waals surface area (Å²) in [7, 11) is -3.49. The summed E-state index contributed by atoms with van der Waals surface area (Å²) >= 11 is 5.91. The van der Waals surface area contributed by atoms with Crippen molar-refractivity contribution < 1.29 is 8.42 Å². The van der Waals surface area contributed by atoms with E-state index in [0.29, 0.717) is 19.5 Å². The van der Waals surface area contributed by atoms with Crippen LogP contribution in [0.2, 0.25) is 0 Å². The molecule has 0 aliphatic heterocycles. The first kappa shape index (κ1) is 14.5. The van der Waals surface area contributed by atoms with Crippen LogP contribution in [0.4, 0.5) is 0 Å². The fourth-order valence-corrected chi connectivity index (χ4v) is 2.38. The van der Waals surface area contributed by atoms with E-state index in [1.54, 1.807) is 4.57 Å². The second-order valence-electron chi connectivity index (χ2n) is 3.73. The number of hydrogen-bond donors (Lipinski definition) is 1. The summed E-state index contributed by atoms with van der Waals surface area (Å²) in [5.74, 6) is 0. The van der Waals surface area contributed by atoms with Crippen molar-refractivity contribution in [1.82, 2.24) is 14.3 Å². The quantitative estimate of drug-likeness (QED) is 0.771. The van der Waals surface area contributed by atoms with E-state index in [4.69, 9.17) is 11.6 Å². The Bertz CT molecular complexity index is 444. The van der Waals surface area contributed by atoms with Crippen LogP contribution in [-0.2, 0) is 16.6 Å². The van der Waals surface area contributed by atoms with Gasteiger partial charge in [-0.05, 0) is 19.8 Å². The molecule has 0 amide bonds. The van der Waals surface area contributed by atoms with Crippen molar-refractivity contribution in [2.45, 2.75) is 43.6 Å². The van der Waals surface area contributed by atoms with Gasteiger partial charge in [0.25, 0.3) is 10.0 Å². The number of halogens is 1. The topological polar surface area (TPSA) is 64.0 Å². The lowest BCUT2D eigenvalue weighted by molar-refractivity contribution is 0.573. The van der Waals surface area contributed by atoms with Gasteiger partial charge in [-0.25, -0.2) is 18.1 Å². The van der Waals surface area contributed by atoms with E-state index in [0.717, 1.165) is 6.42 Å². The van der Waals surface area contributed by atoms with Gasteiger partial charge in [0.05, 0.1) is 6.33 Å². The zero-order valence-corrected chi connectivity index (χ0v) is 11.6. The predicted molar refractivity (Wildman–Crippen MR) is 67.6 cm³/mol. The summed E-state index contributed by atoms with van der Waals surface area (Å²) in [4.78, 5) is 3.86. The molecule has 5 nitrogen and oxygen atoms in total. The van der Waals surface area contributed by atoms with E-state index in [1.807, 2.05) is 13.8 Å². The van der Waals surface area contributed by atoms with E-state index in [-0.39, 0.29) is 10.4 Å². The van der Waals surface area contributed by atoms with Gasteiger partial charge in [-0.3, -0.25) is 0 Å². The highest BCUT2D eigenvalue weighted by molar-refractivity contribution is 7.89. The zero-order valence-electron chi connectivity index (χ0n) is 10.1. The number of nitrogens with zero attached hydrogens (tertiary/aromatic N) is 2. The number of sulfonamides is 1. The molecule has 0 bridgehead atoms. The molecular formula is C10H18ClN3O2S. The van der Waals surface area contributed by atoms with Crippen molar-refractivity contribution in [3.8, 4) is 0 Å². The Morgan fingerprint density at radius 1 is 1.53 bits per heavy atom. The van der Waals surface area contributed by atoms with Crippen molar-refractivity contribution >= 4 is 21.6 Å². The highest BCUT2D eigenvalue weighted by atomic mass is 35.5. The van der Waals surface area contributed by atoms with Crippen molar-refractivity contribution in [2.24, 2.45) is 0 Å². The lowest BCUT2D eigenvalue weighted by Crippen LogP contribution is -2.26. The number of hydrogen-bond acceptors (Lipinski definition) is 3. The van der Waals surface area contributed by atoms with Crippen LogP contribution in [0.5, 0.6) is 0 Å². The second kappa shape index (κ2) is 6.37. The number of imidazole rings is 1. The van der Waals surface area contributed by atoms with Crippen molar-refractivity contribution in [3.05, 3.63) is 12.5 Å². The zero-order chi connectivity index (χ0) is 12.9. The van der Waals surface area contributed by atoms with Gasteiger partial charge in [-0.1, -0.05) is 6.92 Å². The molecule has 1 aromatic rings. The molecule has 7 heteroatoms. The maximum absolute atomic E-state index is 11.8. The Balaban J connectivity index is 2.56. The smallest absolute Gasteiger partial charge is 0.259 e. The van der Waals surface area contributed by atoms with Crippen LogP contribution in [-0.4, -0.2) is 29.9 Å². The van der Waals surface area contributed by atoms with Crippen LogP contribution in [0.25, 0.3) is 0 Å². The molecule has 0 saturated heterocycles. The molecule has 1 unspecified atom stereocenters. The van der Waals surface area contributed by atoms with Crippen LogP contribution < -0.4 is 4.72 Å². The average Bonchev–Trinajstić information content (AvgIpc) is 2.77. The summed E-state index contributed by atoms with van der Waals surface area (Å²) in [6.45, 7) is 4.92. The molecule has 98 valence electrons. The number of aryl methyl sites for hydroxylation is 1. The summed E-state index contributed by atoms with van der Waals surface area (Å²) in [5.41, 5.74) is 0. The minimum Gasteiger partial charge on any atom is -0.336 e. The predicted octanol–water partition coefficient (Wildman–Crippen LogP) is 1.59. The molecule has 1 N–H and O–H groups in total. The second-order valence-corrected chi connectivity index (χ2v) is 6.07. The fraction of sp³-hybridized carbons (Fsp3) is 0.700. The highest BCUT2D eigenvalue weighted by Crippen LogP contribution is 2.08. The Labute approximate surface area is 107 Å². The lowest BCUT2D eigenvalue weighted by Gasteiger charge is -2.07. The molecule has 0 spiro atoms. The third-order valence-corrected chi connectivity index (χ3v) is 4.32. The van der Waals surface area contributed by atoms with Crippen LogP contribution in [0.1, 0.15) is 26.7 Å². The summed E-state index contributed by atoms with van der Waals surface area (Å²) in [5, 5.41) is 0.0628. The molecule has 0 aliphatic rings. The van der Waals surface area contributed by atoms with Crippen LogP contribution >= 0.6 is 11.6 Å². The molecule has 1 atom stereocenters. The molecule has 0 fully saturated rings. The van der Waals surface area contributed by atoms with Gasteiger partial charge in [-0.2, -0.15) is 0 Å². The standard InChI is InChI=1S/C10H18ClN3O2S/c1-3-9(11)5-6-13-17(15,16)10-7-14(4-2)8-12-10/h7-9,13H,3-6H2,1-2H3. The number of aromatic nitrogens is 2. The summed E-state index contributed by atoms with van der Waals surface area (Å²) in [6, 6.07) is 0. The van der Waals surface area contributed by atoms with Gasteiger partial charge in [0.15, 0.2) is 5.03 Å². The van der Waals surface area contributed by atoms with Gasteiger partial charge >= 0.3 is 0 Å². The number of rotatable bonds is 7. The van der Waals surface area contributed by atoms with Gasteiger partial charge in [0, 0.05) is 24.7 Å². The third kappa shape index (κ3) is 4.29. The molecule has 0 saturated carbocycles. The van der Waals surface area contributed by atoms with Gasteiger partial charge in [0.1, 0.15) is 0 Å². The first-order chi connectivity index (χ1) is 7.99. The van der Waals surface area contributed by atoms with Gasteiger partial charge in [0.2, 0.25) is 0 Å². The largest absolute Gasteiger partial charge is 0.336 e. The van der Waals surface area contributed by atoms with Crippen molar-refractivity contribution in [1.29, 1.82) is 0 Å². The normalized spacial score (nSPS) is 13.8. The van der Waals surface area contributed by atoms with Gasteiger partial charge in [-0.15, -0.1) is 11.6 Å². The number of nitrogens with one attached hydrogen (secondary N) is 1. The number of alkyl halides is 1. The SMILES string of the molecule is CCC(Cl)CCNS(=O)(=O)c1cn(CC)cn1. The minimum atomic E-state index is -3.49. The van der Waals surface area contributed by atoms with Crippen LogP contribution in [0.15, 0.2) is 17.6 Å². The van der Waals surface area contributed by atoms with E-state index in [1.165, 1.54) is 12.5 Å². The Kier molecular flexibility index (Phi) is 5.42. The molecular weight excluding hydrogens is 262 g/mol. The summed E-state index contributed by atoms with van der Waals surface area (Å²) in [6.07, 6.45) is 4.46. The van der Waals surface area contributed by atoms with E-state index < -0.39 is 10.0 Å². The summed E-state index contributed by atoms with van der Waals surface area (Å²) < 4.78 is 27.8. The van der Waals surface area contributed by atoms with Crippen molar-refractivity contribution in [2.75, 3.05) is 6.54 Å². The molecule has 1 rings (SSSR count). The first-order valence-corrected chi connectivity index (χ1v) is 7.57. The monoisotopic (exact) mass is 279 g/mol. The Hall–Kier alpha value is -0.590.